The Labute approximate surface area is 114 Å². The number of carbonyl (C=O) groups is 1. The molecule has 1 aromatic heterocycles. The highest BCUT2D eigenvalue weighted by molar-refractivity contribution is 5.83. The summed E-state index contributed by atoms with van der Waals surface area (Å²) in [7, 11) is 1.78. The van der Waals surface area contributed by atoms with Crippen LogP contribution >= 0.6 is 0 Å². The molecule has 0 saturated heterocycles. The maximum absolute atomic E-state index is 12.0. The second-order valence-corrected chi connectivity index (χ2v) is 4.29. The van der Waals surface area contributed by atoms with Crippen LogP contribution in [-0.2, 0) is 4.79 Å². The fourth-order valence-electron chi connectivity index (χ4n) is 1.61. The van der Waals surface area contributed by atoms with Crippen LogP contribution in [0.5, 0.6) is 5.88 Å². The second-order valence-electron chi connectivity index (χ2n) is 4.29. The monoisotopic (exact) mass is 266 g/mol. The van der Waals surface area contributed by atoms with Crippen molar-refractivity contribution in [2.75, 3.05) is 25.5 Å². The Morgan fingerprint density at radius 3 is 2.74 bits per heavy atom. The minimum absolute atomic E-state index is 0.0247. The largest absolute Gasteiger partial charge is 0.478 e. The van der Waals surface area contributed by atoms with Crippen molar-refractivity contribution in [3.8, 4) is 5.88 Å². The van der Waals surface area contributed by atoms with Gasteiger partial charge in [0.05, 0.1) is 6.61 Å². The number of nitrogens with one attached hydrogen (secondary N) is 1. The van der Waals surface area contributed by atoms with E-state index >= 15 is 0 Å². The van der Waals surface area contributed by atoms with Crippen LogP contribution in [0, 0.1) is 6.92 Å². The van der Waals surface area contributed by atoms with Crippen LogP contribution in [0.2, 0.25) is 0 Å². The van der Waals surface area contributed by atoms with E-state index in [4.69, 9.17) is 4.74 Å². The van der Waals surface area contributed by atoms with E-state index in [-0.39, 0.29) is 11.9 Å². The highest BCUT2D eigenvalue weighted by atomic mass is 16.5. The van der Waals surface area contributed by atoms with Crippen molar-refractivity contribution >= 4 is 11.7 Å². The molecule has 0 aliphatic carbocycles. The first kappa shape index (κ1) is 15.2. The number of aryl methyl sites for hydroxylation is 1. The predicted octanol–water partition coefficient (Wildman–Crippen LogP) is 1.46. The van der Waals surface area contributed by atoms with Crippen LogP contribution in [0.15, 0.2) is 6.07 Å². The van der Waals surface area contributed by atoms with E-state index in [1.54, 1.807) is 24.9 Å². The van der Waals surface area contributed by atoms with Crippen LogP contribution in [0.4, 0.5) is 5.82 Å². The summed E-state index contributed by atoms with van der Waals surface area (Å²) in [4.78, 5) is 22.0. The van der Waals surface area contributed by atoms with Crippen molar-refractivity contribution in [2.24, 2.45) is 0 Å². The Bertz CT molecular complexity index is 437. The van der Waals surface area contributed by atoms with Crippen molar-refractivity contribution < 1.29 is 9.53 Å². The smallest absolute Gasteiger partial charge is 0.244 e. The zero-order valence-electron chi connectivity index (χ0n) is 12.2. The summed E-state index contributed by atoms with van der Waals surface area (Å²) >= 11 is 0. The molecule has 1 heterocycles. The Morgan fingerprint density at radius 2 is 2.16 bits per heavy atom. The van der Waals surface area contributed by atoms with E-state index in [0.717, 1.165) is 0 Å². The van der Waals surface area contributed by atoms with Gasteiger partial charge in [0, 0.05) is 19.7 Å². The summed E-state index contributed by atoms with van der Waals surface area (Å²) in [6.45, 7) is 8.66. The number of nitrogens with zero attached hydrogens (tertiary/aromatic N) is 3. The number of amides is 1. The summed E-state index contributed by atoms with van der Waals surface area (Å²) in [5.74, 6) is 1.75. The third-order valence-electron chi connectivity index (χ3n) is 2.69. The topological polar surface area (TPSA) is 67.3 Å². The normalized spacial score (nSPS) is 11.8. The van der Waals surface area contributed by atoms with Gasteiger partial charge >= 0.3 is 0 Å². The molecule has 1 unspecified atom stereocenters. The van der Waals surface area contributed by atoms with Gasteiger partial charge < -0.3 is 15.0 Å². The quantitative estimate of drug-likeness (QED) is 0.844. The van der Waals surface area contributed by atoms with Gasteiger partial charge in [-0.05, 0) is 27.7 Å². The summed E-state index contributed by atoms with van der Waals surface area (Å²) in [6, 6.07) is 1.36. The number of hydrogen-bond acceptors (Lipinski definition) is 5. The first-order valence-electron chi connectivity index (χ1n) is 6.47. The number of aromatic nitrogens is 2. The molecule has 0 bridgehead atoms. The zero-order valence-corrected chi connectivity index (χ0v) is 12.2. The number of anilines is 1. The molecule has 0 aliphatic rings. The predicted molar refractivity (Wildman–Crippen MR) is 74.3 cm³/mol. The van der Waals surface area contributed by atoms with Crippen molar-refractivity contribution in [2.45, 2.75) is 33.7 Å². The van der Waals surface area contributed by atoms with Gasteiger partial charge in [0.2, 0.25) is 11.8 Å². The van der Waals surface area contributed by atoms with Gasteiger partial charge in [-0.2, -0.15) is 4.98 Å². The number of ether oxygens (including phenoxy) is 1. The van der Waals surface area contributed by atoms with Gasteiger partial charge in [0.15, 0.2) is 0 Å². The van der Waals surface area contributed by atoms with Gasteiger partial charge in [0.25, 0.3) is 0 Å². The molecule has 0 fully saturated rings. The van der Waals surface area contributed by atoms with E-state index in [0.29, 0.717) is 30.7 Å². The van der Waals surface area contributed by atoms with Crippen LogP contribution < -0.4 is 10.1 Å². The lowest BCUT2D eigenvalue weighted by Crippen LogP contribution is -2.39. The first-order valence-corrected chi connectivity index (χ1v) is 6.47. The Hall–Kier alpha value is -1.85. The molecular formula is C13H22N4O2. The summed E-state index contributed by atoms with van der Waals surface area (Å²) in [5.41, 5.74) is 0. The molecule has 0 saturated carbocycles. The third kappa shape index (κ3) is 4.39. The van der Waals surface area contributed by atoms with E-state index in [1.165, 1.54) is 0 Å². The van der Waals surface area contributed by atoms with Crippen molar-refractivity contribution in [1.29, 1.82) is 0 Å². The number of rotatable bonds is 6. The fourth-order valence-corrected chi connectivity index (χ4v) is 1.61. The van der Waals surface area contributed by atoms with Crippen molar-refractivity contribution in [3.63, 3.8) is 0 Å². The van der Waals surface area contributed by atoms with Gasteiger partial charge in [-0.1, -0.05) is 0 Å². The van der Waals surface area contributed by atoms with E-state index < -0.39 is 0 Å². The second kappa shape index (κ2) is 6.92. The standard InChI is InChI=1S/C13H22N4O2/c1-6-17(5)13(18)9(3)14-11-8-12(19-7-2)16-10(4)15-11/h8-9H,6-7H2,1-5H3,(H,14,15,16). The van der Waals surface area contributed by atoms with Gasteiger partial charge in [-0.15, -0.1) is 0 Å². The molecule has 0 aromatic carbocycles. The van der Waals surface area contributed by atoms with Gasteiger partial charge in [-0.3, -0.25) is 4.79 Å². The molecule has 1 aromatic rings. The number of likely N-dealkylation sites (N-methyl/N-ethyl adjacent to an activating group) is 1. The lowest BCUT2D eigenvalue weighted by atomic mass is 10.3. The highest BCUT2D eigenvalue weighted by Gasteiger charge is 2.17. The maximum Gasteiger partial charge on any atom is 0.244 e. The molecular weight excluding hydrogens is 244 g/mol. The average molecular weight is 266 g/mol. The number of carbonyl (C=O) groups excluding carboxylic acids is 1. The fraction of sp³-hybridized carbons (Fsp3) is 0.615. The zero-order chi connectivity index (χ0) is 14.4. The van der Waals surface area contributed by atoms with Crippen LogP contribution in [0.25, 0.3) is 0 Å². The Balaban J connectivity index is 2.78. The molecule has 6 nitrogen and oxygen atoms in total. The first-order chi connectivity index (χ1) is 8.97. The summed E-state index contributed by atoms with van der Waals surface area (Å²) in [5, 5.41) is 3.07. The molecule has 106 valence electrons. The van der Waals surface area contributed by atoms with E-state index in [1.807, 2.05) is 20.8 Å². The van der Waals surface area contributed by atoms with E-state index in [2.05, 4.69) is 15.3 Å². The minimum atomic E-state index is -0.339. The van der Waals surface area contributed by atoms with Gasteiger partial charge in [-0.25, -0.2) is 4.98 Å². The molecule has 0 aliphatic heterocycles. The van der Waals surface area contributed by atoms with E-state index in [9.17, 15) is 4.79 Å². The number of hydrogen-bond donors (Lipinski definition) is 1. The summed E-state index contributed by atoms with van der Waals surface area (Å²) < 4.78 is 5.35. The minimum Gasteiger partial charge on any atom is -0.478 e. The molecule has 1 rings (SSSR count). The third-order valence-corrected chi connectivity index (χ3v) is 2.69. The molecule has 1 atom stereocenters. The molecule has 0 spiro atoms. The lowest BCUT2D eigenvalue weighted by molar-refractivity contribution is -0.130. The molecule has 0 radical (unpaired) electrons. The van der Waals surface area contributed by atoms with Crippen LogP contribution in [-0.4, -0.2) is 47.0 Å². The van der Waals surface area contributed by atoms with Crippen molar-refractivity contribution in [1.82, 2.24) is 14.9 Å². The summed E-state index contributed by atoms with van der Waals surface area (Å²) in [6.07, 6.45) is 0. The molecule has 1 N–H and O–H groups in total. The molecule has 1 amide bonds. The van der Waals surface area contributed by atoms with Gasteiger partial charge in [0.1, 0.15) is 17.7 Å². The average Bonchev–Trinajstić information content (AvgIpc) is 2.36. The SMILES string of the molecule is CCOc1cc(NC(C)C(=O)N(C)CC)nc(C)n1. The molecule has 6 heteroatoms. The Kier molecular flexibility index (Phi) is 5.54. The lowest BCUT2D eigenvalue weighted by Gasteiger charge is -2.21. The van der Waals surface area contributed by atoms with Crippen LogP contribution in [0.1, 0.15) is 26.6 Å². The van der Waals surface area contributed by atoms with Crippen LogP contribution in [0.3, 0.4) is 0 Å². The highest BCUT2D eigenvalue weighted by Crippen LogP contribution is 2.14. The van der Waals surface area contributed by atoms with Crippen molar-refractivity contribution in [3.05, 3.63) is 11.9 Å². The maximum atomic E-state index is 12.0. The molecule has 19 heavy (non-hydrogen) atoms. The Morgan fingerprint density at radius 1 is 1.47 bits per heavy atom.